The number of nitrogens with zero attached hydrogens (tertiary/aromatic N) is 4. The van der Waals surface area contributed by atoms with Crippen LogP contribution in [0.5, 0.6) is 0 Å². The fourth-order valence-corrected chi connectivity index (χ4v) is 4.16. The van der Waals surface area contributed by atoms with Gasteiger partial charge in [0, 0.05) is 19.4 Å². The van der Waals surface area contributed by atoms with E-state index in [1.165, 1.54) is 17.3 Å². The molecule has 7 nitrogen and oxygen atoms in total. The molecule has 2 heterocycles. The number of amides is 1. The Balaban J connectivity index is 1.75. The lowest BCUT2D eigenvalue weighted by Gasteiger charge is -2.15. The molecule has 2 unspecified atom stereocenters. The number of carbonyl (C=O) groups is 1. The standard InChI is InChI=1S/C20H25N5O2S/c1-14-4-6-15(7-5-14)11-17(12-21)28-20-24-23-19(9-8-18(22)26)25(20)13-16-3-2-10-27-16/h4-7,16-17H,2-3,8-11,13H2,1H3,(H2,22,26). The number of nitrogens with two attached hydrogens (primary N) is 1. The van der Waals surface area contributed by atoms with Crippen LogP contribution in [0.1, 0.15) is 36.2 Å². The van der Waals surface area contributed by atoms with E-state index in [1.807, 2.05) is 11.5 Å². The third-order valence-electron chi connectivity index (χ3n) is 4.73. The molecule has 1 aliphatic rings. The first-order valence-corrected chi connectivity index (χ1v) is 10.4. The summed E-state index contributed by atoms with van der Waals surface area (Å²) in [6, 6.07) is 10.6. The van der Waals surface area contributed by atoms with E-state index >= 15 is 0 Å². The summed E-state index contributed by atoms with van der Waals surface area (Å²) < 4.78 is 7.75. The van der Waals surface area contributed by atoms with Gasteiger partial charge in [-0.05, 0) is 31.7 Å². The normalized spacial score (nSPS) is 17.4. The molecule has 0 radical (unpaired) electrons. The maximum absolute atomic E-state index is 11.2. The first kappa shape index (κ1) is 20.4. The quantitative estimate of drug-likeness (QED) is 0.649. The summed E-state index contributed by atoms with van der Waals surface area (Å²) in [6.45, 7) is 3.44. The van der Waals surface area contributed by atoms with Crippen LogP contribution in [-0.4, -0.2) is 38.6 Å². The number of aromatic nitrogens is 3. The molecule has 1 aliphatic heterocycles. The first-order chi connectivity index (χ1) is 13.5. The summed E-state index contributed by atoms with van der Waals surface area (Å²) in [5.74, 6) is 0.346. The molecule has 8 heteroatoms. The molecular weight excluding hydrogens is 374 g/mol. The lowest BCUT2D eigenvalue weighted by molar-refractivity contribution is -0.118. The van der Waals surface area contributed by atoms with Crippen molar-refractivity contribution in [1.29, 1.82) is 5.26 Å². The Bertz CT molecular complexity index is 837. The zero-order chi connectivity index (χ0) is 19.9. The molecule has 1 aromatic heterocycles. The Morgan fingerprint density at radius 3 is 2.86 bits per heavy atom. The molecule has 1 fully saturated rings. The number of rotatable bonds is 9. The highest BCUT2D eigenvalue weighted by atomic mass is 32.2. The fourth-order valence-electron chi connectivity index (χ4n) is 3.18. The van der Waals surface area contributed by atoms with Crippen LogP contribution in [-0.2, 0) is 28.9 Å². The molecule has 0 spiro atoms. The number of carbonyl (C=O) groups excluding carboxylic acids is 1. The topological polar surface area (TPSA) is 107 Å². The molecule has 2 aromatic rings. The van der Waals surface area contributed by atoms with Crippen LogP contribution < -0.4 is 5.73 Å². The van der Waals surface area contributed by atoms with Crippen molar-refractivity contribution >= 4 is 17.7 Å². The minimum Gasteiger partial charge on any atom is -0.376 e. The highest BCUT2D eigenvalue weighted by Crippen LogP contribution is 2.27. The van der Waals surface area contributed by atoms with Gasteiger partial charge < -0.3 is 15.0 Å². The van der Waals surface area contributed by atoms with Gasteiger partial charge in [0.15, 0.2) is 5.16 Å². The predicted molar refractivity (Wildman–Crippen MR) is 107 cm³/mol. The monoisotopic (exact) mass is 399 g/mol. The summed E-state index contributed by atoms with van der Waals surface area (Å²) >= 11 is 1.41. The highest BCUT2D eigenvalue weighted by Gasteiger charge is 2.23. The molecule has 3 rings (SSSR count). The summed E-state index contributed by atoms with van der Waals surface area (Å²) in [6.07, 6.45) is 3.43. The number of nitriles is 1. The Kier molecular flexibility index (Phi) is 7.06. The minimum absolute atomic E-state index is 0.111. The van der Waals surface area contributed by atoms with Crippen molar-refractivity contribution in [1.82, 2.24) is 14.8 Å². The van der Waals surface area contributed by atoms with Gasteiger partial charge in [-0.15, -0.1) is 10.2 Å². The smallest absolute Gasteiger partial charge is 0.217 e. The lowest BCUT2D eigenvalue weighted by Crippen LogP contribution is -2.20. The molecule has 2 atom stereocenters. The third kappa shape index (κ3) is 5.57. The zero-order valence-electron chi connectivity index (χ0n) is 16.0. The van der Waals surface area contributed by atoms with Crippen molar-refractivity contribution in [2.24, 2.45) is 5.73 Å². The second kappa shape index (κ2) is 9.71. The number of aryl methyl sites for hydroxylation is 2. The van der Waals surface area contributed by atoms with E-state index in [0.717, 1.165) is 25.0 Å². The largest absolute Gasteiger partial charge is 0.376 e. The van der Waals surface area contributed by atoms with Crippen molar-refractivity contribution in [3.8, 4) is 6.07 Å². The summed E-state index contributed by atoms with van der Waals surface area (Å²) in [5.41, 5.74) is 7.60. The van der Waals surface area contributed by atoms with Crippen LogP contribution in [0.4, 0.5) is 0 Å². The van der Waals surface area contributed by atoms with E-state index in [-0.39, 0.29) is 23.7 Å². The third-order valence-corrected chi connectivity index (χ3v) is 5.80. The molecule has 28 heavy (non-hydrogen) atoms. The van der Waals surface area contributed by atoms with Crippen molar-refractivity contribution in [2.75, 3.05) is 6.61 Å². The second-order valence-electron chi connectivity index (χ2n) is 7.04. The fraction of sp³-hybridized carbons (Fsp3) is 0.500. The van der Waals surface area contributed by atoms with Crippen molar-refractivity contribution in [3.05, 3.63) is 41.2 Å². The first-order valence-electron chi connectivity index (χ1n) is 9.49. The Morgan fingerprint density at radius 1 is 1.43 bits per heavy atom. The van der Waals surface area contributed by atoms with Gasteiger partial charge in [0.05, 0.1) is 18.7 Å². The van der Waals surface area contributed by atoms with E-state index in [2.05, 4.69) is 40.5 Å². The summed E-state index contributed by atoms with van der Waals surface area (Å²) in [4.78, 5) is 11.2. The molecule has 0 aliphatic carbocycles. The van der Waals surface area contributed by atoms with Crippen LogP contribution in [0.2, 0.25) is 0 Å². The van der Waals surface area contributed by atoms with Gasteiger partial charge in [0.1, 0.15) is 11.1 Å². The van der Waals surface area contributed by atoms with E-state index in [4.69, 9.17) is 10.5 Å². The van der Waals surface area contributed by atoms with E-state index < -0.39 is 0 Å². The van der Waals surface area contributed by atoms with E-state index in [0.29, 0.717) is 30.4 Å². The van der Waals surface area contributed by atoms with Gasteiger partial charge in [-0.2, -0.15) is 5.26 Å². The average molecular weight is 400 g/mol. The number of ether oxygens (including phenoxy) is 1. The van der Waals surface area contributed by atoms with Crippen LogP contribution in [0.3, 0.4) is 0 Å². The number of thioether (sulfide) groups is 1. The second-order valence-corrected chi connectivity index (χ2v) is 8.21. The van der Waals surface area contributed by atoms with Gasteiger partial charge >= 0.3 is 0 Å². The molecule has 148 valence electrons. The van der Waals surface area contributed by atoms with E-state index in [1.54, 1.807) is 0 Å². The number of hydrogen-bond donors (Lipinski definition) is 1. The van der Waals surface area contributed by atoms with Crippen LogP contribution in [0.15, 0.2) is 29.4 Å². The molecule has 2 N–H and O–H groups in total. The van der Waals surface area contributed by atoms with Crippen molar-refractivity contribution in [2.45, 2.75) is 62.1 Å². The van der Waals surface area contributed by atoms with E-state index in [9.17, 15) is 10.1 Å². The molecular formula is C20H25N5O2S. The number of hydrogen-bond acceptors (Lipinski definition) is 6. The van der Waals surface area contributed by atoms with Gasteiger partial charge in [-0.25, -0.2) is 0 Å². The SMILES string of the molecule is Cc1ccc(CC(C#N)Sc2nnc(CCC(N)=O)n2CC2CCCO2)cc1. The zero-order valence-corrected chi connectivity index (χ0v) is 16.8. The average Bonchev–Trinajstić information content (AvgIpc) is 3.32. The van der Waals surface area contributed by atoms with Crippen LogP contribution in [0.25, 0.3) is 0 Å². The van der Waals surface area contributed by atoms with Gasteiger partial charge in [-0.3, -0.25) is 4.79 Å². The molecule has 0 saturated carbocycles. The number of primary amides is 1. The van der Waals surface area contributed by atoms with Crippen LogP contribution in [0, 0.1) is 18.3 Å². The molecule has 0 bridgehead atoms. The maximum Gasteiger partial charge on any atom is 0.217 e. The van der Waals surface area contributed by atoms with Crippen molar-refractivity contribution < 1.29 is 9.53 Å². The molecule has 1 amide bonds. The summed E-state index contributed by atoms with van der Waals surface area (Å²) in [7, 11) is 0. The lowest BCUT2D eigenvalue weighted by atomic mass is 10.1. The maximum atomic E-state index is 11.2. The Hall–Kier alpha value is -2.37. The Labute approximate surface area is 169 Å². The predicted octanol–water partition coefficient (Wildman–Crippen LogP) is 2.41. The summed E-state index contributed by atoms with van der Waals surface area (Å²) in [5, 5.41) is 18.6. The molecule has 1 aromatic carbocycles. The van der Waals surface area contributed by atoms with Gasteiger partial charge in [0.2, 0.25) is 5.91 Å². The van der Waals surface area contributed by atoms with Gasteiger partial charge in [-0.1, -0.05) is 41.6 Å². The minimum atomic E-state index is -0.366. The van der Waals surface area contributed by atoms with Gasteiger partial charge in [0.25, 0.3) is 0 Å². The van der Waals surface area contributed by atoms with Crippen molar-refractivity contribution in [3.63, 3.8) is 0 Å². The molecule has 1 saturated heterocycles. The Morgan fingerprint density at radius 2 is 2.21 bits per heavy atom. The number of benzene rings is 1. The van der Waals surface area contributed by atoms with Crippen LogP contribution >= 0.6 is 11.8 Å². The highest BCUT2D eigenvalue weighted by molar-refractivity contribution is 8.00.